The van der Waals surface area contributed by atoms with Gasteiger partial charge < -0.3 is 14.5 Å². The van der Waals surface area contributed by atoms with Crippen LogP contribution in [-0.4, -0.2) is 53.7 Å². The highest BCUT2D eigenvalue weighted by atomic mass is 32.2. The Labute approximate surface area is 197 Å². The van der Waals surface area contributed by atoms with E-state index < -0.39 is 0 Å². The van der Waals surface area contributed by atoms with E-state index >= 15 is 0 Å². The molecule has 2 atom stereocenters. The zero-order chi connectivity index (χ0) is 22.5. The molecule has 4 rings (SSSR count). The number of thioether (sulfide) groups is 1. The number of carbonyl (C=O) groups is 1. The van der Waals surface area contributed by atoms with Crippen molar-refractivity contribution < 1.29 is 9.53 Å². The highest BCUT2D eigenvalue weighted by molar-refractivity contribution is 8.00. The van der Waals surface area contributed by atoms with Gasteiger partial charge in [-0.25, -0.2) is 0 Å². The molecule has 1 amide bonds. The van der Waals surface area contributed by atoms with E-state index in [1.807, 2.05) is 17.8 Å². The van der Waals surface area contributed by atoms with Crippen molar-refractivity contribution in [2.75, 3.05) is 26.7 Å². The Hall–Kier alpha value is -1.98. The van der Waals surface area contributed by atoms with Crippen LogP contribution < -0.4 is 4.74 Å². The van der Waals surface area contributed by atoms with Gasteiger partial charge in [0.25, 0.3) is 0 Å². The minimum Gasteiger partial charge on any atom is -0.497 e. The molecule has 1 fully saturated rings. The zero-order valence-electron chi connectivity index (χ0n) is 19.6. The molecule has 0 radical (unpaired) electrons. The van der Waals surface area contributed by atoms with Crippen LogP contribution in [0.3, 0.4) is 0 Å². The lowest BCUT2D eigenvalue weighted by Gasteiger charge is -2.34. The van der Waals surface area contributed by atoms with Crippen LogP contribution in [0.2, 0.25) is 0 Å². The zero-order valence-corrected chi connectivity index (χ0v) is 20.4. The minimum absolute atomic E-state index is 0.211. The molecule has 0 N–H and O–H groups in total. The Balaban J connectivity index is 1.30. The molecule has 2 heterocycles. The molecule has 0 spiro atoms. The molecule has 0 unspecified atom stereocenters. The second kappa shape index (κ2) is 10.8. The fourth-order valence-corrected chi connectivity index (χ4v) is 6.04. The predicted octanol–water partition coefficient (Wildman–Crippen LogP) is 5.25. The third-order valence-corrected chi connectivity index (χ3v) is 8.55. The number of hydrogen-bond acceptors (Lipinski definition) is 4. The van der Waals surface area contributed by atoms with Crippen LogP contribution >= 0.6 is 11.8 Å². The van der Waals surface area contributed by atoms with Crippen molar-refractivity contribution in [3.05, 3.63) is 59.7 Å². The maximum absolute atomic E-state index is 13.3. The summed E-state index contributed by atoms with van der Waals surface area (Å²) in [5.74, 6) is 1.89. The maximum Gasteiger partial charge on any atom is 0.224 e. The molecule has 32 heavy (non-hydrogen) atoms. The molecule has 2 aromatic carbocycles. The first kappa shape index (κ1) is 23.2. The summed E-state index contributed by atoms with van der Waals surface area (Å²) in [6.45, 7) is 8.16. The van der Waals surface area contributed by atoms with Gasteiger partial charge in [0, 0.05) is 35.7 Å². The molecule has 172 valence electrons. The largest absolute Gasteiger partial charge is 0.497 e. The molecule has 0 saturated carbocycles. The smallest absolute Gasteiger partial charge is 0.224 e. The number of benzene rings is 2. The lowest BCUT2D eigenvalue weighted by Crippen LogP contribution is -2.43. The summed E-state index contributed by atoms with van der Waals surface area (Å²) in [5.41, 5.74) is 2.64. The van der Waals surface area contributed by atoms with Crippen LogP contribution in [0.15, 0.2) is 53.4 Å². The molecule has 2 aromatic rings. The average molecular weight is 453 g/mol. The molecule has 0 aromatic heterocycles. The van der Waals surface area contributed by atoms with Gasteiger partial charge in [0.1, 0.15) is 5.75 Å². The predicted molar refractivity (Wildman–Crippen MR) is 132 cm³/mol. The third-order valence-electron chi connectivity index (χ3n) is 7.13. The monoisotopic (exact) mass is 452 g/mol. The van der Waals surface area contributed by atoms with Crippen LogP contribution in [0.5, 0.6) is 5.75 Å². The van der Waals surface area contributed by atoms with Crippen LogP contribution in [0.25, 0.3) is 0 Å². The lowest BCUT2D eigenvalue weighted by atomic mass is 9.90. The molecule has 2 aliphatic rings. The van der Waals surface area contributed by atoms with Gasteiger partial charge in [-0.1, -0.05) is 37.3 Å². The van der Waals surface area contributed by atoms with Crippen molar-refractivity contribution in [3.63, 3.8) is 0 Å². The number of amides is 1. The summed E-state index contributed by atoms with van der Waals surface area (Å²) < 4.78 is 5.42. The average Bonchev–Trinajstić information content (AvgIpc) is 2.94. The molecule has 0 bridgehead atoms. The van der Waals surface area contributed by atoms with Crippen molar-refractivity contribution >= 4 is 17.7 Å². The molecule has 2 aliphatic heterocycles. The first-order chi connectivity index (χ1) is 15.5. The number of methoxy groups -OCH3 is 1. The van der Waals surface area contributed by atoms with Gasteiger partial charge in [-0.3, -0.25) is 4.79 Å². The van der Waals surface area contributed by atoms with Gasteiger partial charge in [-0.2, -0.15) is 0 Å². The summed E-state index contributed by atoms with van der Waals surface area (Å²) in [6, 6.07) is 17.3. The number of hydrogen-bond donors (Lipinski definition) is 0. The van der Waals surface area contributed by atoms with Crippen molar-refractivity contribution in [2.24, 2.45) is 5.92 Å². The Morgan fingerprint density at radius 2 is 1.84 bits per heavy atom. The summed E-state index contributed by atoms with van der Waals surface area (Å²) in [4.78, 5) is 19.1. The quantitative estimate of drug-likeness (QED) is 0.599. The second-order valence-electron chi connectivity index (χ2n) is 9.28. The van der Waals surface area contributed by atoms with E-state index in [1.165, 1.54) is 35.3 Å². The Morgan fingerprint density at radius 1 is 1.09 bits per heavy atom. The van der Waals surface area contributed by atoms with Crippen molar-refractivity contribution in [2.45, 2.75) is 62.3 Å². The number of nitrogens with zero attached hydrogens (tertiary/aromatic N) is 2. The Kier molecular flexibility index (Phi) is 7.80. The second-order valence-corrected chi connectivity index (χ2v) is 10.7. The van der Waals surface area contributed by atoms with Crippen molar-refractivity contribution in [1.29, 1.82) is 0 Å². The first-order valence-corrected chi connectivity index (χ1v) is 12.8. The Bertz CT molecular complexity index is 896. The number of piperidine rings is 1. The molecule has 5 heteroatoms. The molecule has 0 aliphatic carbocycles. The van der Waals surface area contributed by atoms with Crippen molar-refractivity contribution in [3.8, 4) is 5.75 Å². The summed E-state index contributed by atoms with van der Waals surface area (Å²) in [6.07, 6.45) is 4.23. The lowest BCUT2D eigenvalue weighted by molar-refractivity contribution is -0.134. The number of rotatable bonds is 6. The fourth-order valence-electron chi connectivity index (χ4n) is 4.88. The van der Waals surface area contributed by atoms with Gasteiger partial charge in [0.2, 0.25) is 5.91 Å². The molecular weight excluding hydrogens is 416 g/mol. The molecule has 1 saturated heterocycles. The van der Waals surface area contributed by atoms with Crippen molar-refractivity contribution in [1.82, 2.24) is 9.80 Å². The fraction of sp³-hybridized carbons (Fsp3) is 0.519. The van der Waals surface area contributed by atoms with E-state index in [-0.39, 0.29) is 11.9 Å². The minimum atomic E-state index is 0.211. The summed E-state index contributed by atoms with van der Waals surface area (Å²) >= 11 is 1.87. The van der Waals surface area contributed by atoms with E-state index in [1.54, 1.807) is 7.11 Å². The number of likely N-dealkylation sites (tertiary alicyclic amines) is 1. The Morgan fingerprint density at radius 3 is 2.56 bits per heavy atom. The number of ether oxygens (including phenoxy) is 1. The summed E-state index contributed by atoms with van der Waals surface area (Å²) in [5, 5.41) is 0.363. The van der Waals surface area contributed by atoms with Crippen LogP contribution in [0.4, 0.5) is 0 Å². The van der Waals surface area contributed by atoms with Crippen LogP contribution in [0, 0.1) is 5.92 Å². The van der Waals surface area contributed by atoms with E-state index in [0.29, 0.717) is 18.2 Å². The highest BCUT2D eigenvalue weighted by Gasteiger charge is 2.30. The molecule has 4 nitrogen and oxygen atoms in total. The van der Waals surface area contributed by atoms with Gasteiger partial charge in [0.15, 0.2) is 0 Å². The topological polar surface area (TPSA) is 32.8 Å². The first-order valence-electron chi connectivity index (χ1n) is 11.9. The number of carbonyl (C=O) groups excluding carboxylic acids is 1. The number of fused-ring (bicyclic) bond motifs is 1. The normalized spacial score (nSPS) is 22.3. The van der Waals surface area contributed by atoms with E-state index in [0.717, 1.165) is 31.3 Å². The SMILES string of the molecule is COc1ccc2c(c1)CN(C(=O)CCN1CCC(Cc3ccccc3)CC1)[C@H](C)[C@H](C)S2. The van der Waals surface area contributed by atoms with E-state index in [9.17, 15) is 4.79 Å². The maximum atomic E-state index is 13.3. The molecular formula is C27H36N2O2S. The summed E-state index contributed by atoms with van der Waals surface area (Å²) in [7, 11) is 1.70. The van der Waals surface area contributed by atoms with E-state index in [2.05, 4.69) is 66.1 Å². The van der Waals surface area contributed by atoms with Gasteiger partial charge in [-0.15, -0.1) is 11.8 Å². The highest BCUT2D eigenvalue weighted by Crippen LogP contribution is 2.37. The standard InChI is InChI=1S/C27H36N2O2S/c1-20-21(2)32-26-10-9-25(31-3)18-24(26)19-29(20)27(30)13-16-28-14-11-23(12-15-28)17-22-7-5-4-6-8-22/h4-10,18,20-21,23H,11-17,19H2,1-3H3/t20-,21+/m1/s1. The van der Waals surface area contributed by atoms with Gasteiger partial charge >= 0.3 is 0 Å². The van der Waals surface area contributed by atoms with Crippen LogP contribution in [0.1, 0.15) is 44.2 Å². The van der Waals surface area contributed by atoms with Crippen LogP contribution in [-0.2, 0) is 17.8 Å². The third kappa shape index (κ3) is 5.68. The van der Waals surface area contributed by atoms with Gasteiger partial charge in [-0.05, 0) is 74.5 Å². The van der Waals surface area contributed by atoms with Gasteiger partial charge in [0.05, 0.1) is 7.11 Å². The van der Waals surface area contributed by atoms with E-state index in [4.69, 9.17) is 4.74 Å².